The van der Waals surface area contributed by atoms with Crippen LogP contribution in [0.1, 0.15) is 19.8 Å². The van der Waals surface area contributed by atoms with Crippen molar-refractivity contribution in [1.82, 2.24) is 0 Å². The Kier molecular flexibility index (Phi) is 3.77. The second-order valence-electron chi connectivity index (χ2n) is 1.80. The van der Waals surface area contributed by atoms with Crippen molar-refractivity contribution in [2.45, 2.75) is 19.8 Å². The number of allylic oxidation sites excluding steroid dienone is 1. The van der Waals surface area contributed by atoms with Crippen LogP contribution in [0.5, 0.6) is 0 Å². The first kappa shape index (κ1) is 6.74. The van der Waals surface area contributed by atoms with Crippen molar-refractivity contribution in [3.63, 3.8) is 0 Å². The van der Waals surface area contributed by atoms with E-state index in [-0.39, 0.29) is 0 Å². The Labute approximate surface area is 46.2 Å². The maximum absolute atomic E-state index is 3.88. The number of hydrogen-bond acceptors (Lipinski definition) is 0. The van der Waals surface area contributed by atoms with Gasteiger partial charge in [-0.15, -0.1) is 6.58 Å². The Bertz CT molecular complexity index is 46.0. The summed E-state index contributed by atoms with van der Waals surface area (Å²) in [6.45, 7) is 9.62. The Morgan fingerprint density at radius 2 is 2.29 bits per heavy atom. The molecule has 0 heterocycles. The average molecular weight is 97.2 g/mol. The van der Waals surface area contributed by atoms with Crippen molar-refractivity contribution in [3.05, 3.63) is 19.6 Å². The van der Waals surface area contributed by atoms with Crippen LogP contribution >= 0.6 is 0 Å². The zero-order valence-electron chi connectivity index (χ0n) is 4.98. The van der Waals surface area contributed by atoms with E-state index in [1.165, 1.54) is 0 Å². The highest BCUT2D eigenvalue weighted by atomic mass is 14.0. The van der Waals surface area contributed by atoms with Crippen LogP contribution in [0.4, 0.5) is 0 Å². The quantitative estimate of drug-likeness (QED) is 0.474. The molecule has 0 nitrogen and oxygen atoms in total. The standard InChI is InChI=1S/C7H13/c1-4-6-7(3)5-2/h4,7H,1,3,5-6H2,2H3. The lowest BCUT2D eigenvalue weighted by Gasteiger charge is -1.99. The zero-order chi connectivity index (χ0) is 5.70. The van der Waals surface area contributed by atoms with Crippen LogP contribution in [0.3, 0.4) is 0 Å². The SMILES string of the molecule is [CH2]C(CC)CC=C. The van der Waals surface area contributed by atoms with Crippen LogP contribution in [-0.4, -0.2) is 0 Å². The summed E-state index contributed by atoms with van der Waals surface area (Å²) in [4.78, 5) is 0. The Morgan fingerprint density at radius 1 is 1.71 bits per heavy atom. The fourth-order valence-electron chi connectivity index (χ4n) is 0.402. The maximum Gasteiger partial charge on any atom is -0.0325 e. The molecule has 0 aliphatic heterocycles. The zero-order valence-corrected chi connectivity index (χ0v) is 4.98. The van der Waals surface area contributed by atoms with Gasteiger partial charge in [0, 0.05) is 0 Å². The summed E-state index contributed by atoms with van der Waals surface area (Å²) in [5, 5.41) is 0. The third-order valence-electron chi connectivity index (χ3n) is 1.08. The monoisotopic (exact) mass is 97.1 g/mol. The molecule has 1 radical (unpaired) electrons. The van der Waals surface area contributed by atoms with Crippen molar-refractivity contribution in [2.75, 3.05) is 0 Å². The van der Waals surface area contributed by atoms with Crippen LogP contribution in [0.2, 0.25) is 0 Å². The molecular weight excluding hydrogens is 84.1 g/mol. The van der Waals surface area contributed by atoms with Crippen molar-refractivity contribution >= 4 is 0 Å². The van der Waals surface area contributed by atoms with E-state index in [0.29, 0.717) is 5.92 Å². The molecule has 0 rings (SSSR count). The van der Waals surface area contributed by atoms with Gasteiger partial charge in [-0.05, 0) is 19.3 Å². The molecule has 0 aliphatic carbocycles. The van der Waals surface area contributed by atoms with Gasteiger partial charge in [-0.1, -0.05) is 19.4 Å². The highest BCUT2D eigenvalue weighted by molar-refractivity contribution is 4.72. The molecule has 1 unspecified atom stereocenters. The molecule has 0 aliphatic rings. The molecule has 7 heavy (non-hydrogen) atoms. The second kappa shape index (κ2) is 3.91. The van der Waals surface area contributed by atoms with Crippen LogP contribution in [0.25, 0.3) is 0 Å². The van der Waals surface area contributed by atoms with Gasteiger partial charge >= 0.3 is 0 Å². The average Bonchev–Trinajstić information content (AvgIpc) is 1.68. The summed E-state index contributed by atoms with van der Waals surface area (Å²) in [6.07, 6.45) is 4.13. The van der Waals surface area contributed by atoms with E-state index in [1.54, 1.807) is 0 Å². The van der Waals surface area contributed by atoms with Gasteiger partial charge in [-0.2, -0.15) is 0 Å². The molecule has 0 heteroatoms. The maximum atomic E-state index is 3.88. The van der Waals surface area contributed by atoms with Crippen molar-refractivity contribution in [2.24, 2.45) is 5.92 Å². The van der Waals surface area contributed by atoms with Gasteiger partial charge in [0.1, 0.15) is 0 Å². The molecule has 0 N–H and O–H groups in total. The van der Waals surface area contributed by atoms with Gasteiger partial charge in [-0.25, -0.2) is 0 Å². The summed E-state index contributed by atoms with van der Waals surface area (Å²) in [7, 11) is 0. The van der Waals surface area contributed by atoms with E-state index in [9.17, 15) is 0 Å². The topological polar surface area (TPSA) is 0 Å². The largest absolute Gasteiger partial charge is 0.103 e. The van der Waals surface area contributed by atoms with Crippen molar-refractivity contribution in [3.8, 4) is 0 Å². The Hall–Kier alpha value is -0.260. The molecule has 0 aromatic carbocycles. The third kappa shape index (κ3) is 3.57. The van der Waals surface area contributed by atoms with Crippen LogP contribution < -0.4 is 0 Å². The predicted molar refractivity (Wildman–Crippen MR) is 34.0 cm³/mol. The molecule has 0 aromatic rings. The molecule has 0 bridgehead atoms. The van der Waals surface area contributed by atoms with Crippen LogP contribution in [-0.2, 0) is 0 Å². The lowest BCUT2D eigenvalue weighted by atomic mass is 10.1. The molecule has 0 fully saturated rings. The minimum absolute atomic E-state index is 0.581. The van der Waals surface area contributed by atoms with Crippen molar-refractivity contribution < 1.29 is 0 Å². The molecule has 0 saturated heterocycles. The van der Waals surface area contributed by atoms with E-state index in [1.807, 2.05) is 6.08 Å². The minimum Gasteiger partial charge on any atom is -0.103 e. The summed E-state index contributed by atoms with van der Waals surface area (Å²) >= 11 is 0. The predicted octanol–water partition coefficient (Wildman–Crippen LogP) is 2.42. The third-order valence-corrected chi connectivity index (χ3v) is 1.08. The Balaban J connectivity index is 2.98. The molecule has 0 saturated carbocycles. The first-order valence-electron chi connectivity index (χ1n) is 2.75. The summed E-state index contributed by atoms with van der Waals surface area (Å²) < 4.78 is 0. The first-order chi connectivity index (χ1) is 3.31. The smallest absolute Gasteiger partial charge is 0.0325 e. The van der Waals surface area contributed by atoms with Gasteiger partial charge in [-0.3, -0.25) is 0 Å². The number of hydrogen-bond donors (Lipinski definition) is 0. The normalized spacial score (nSPS) is 13.4. The minimum atomic E-state index is 0.581. The van der Waals surface area contributed by atoms with Crippen LogP contribution in [0, 0.1) is 12.8 Å². The molecule has 0 spiro atoms. The lowest BCUT2D eigenvalue weighted by Crippen LogP contribution is -1.87. The van der Waals surface area contributed by atoms with E-state index in [4.69, 9.17) is 0 Å². The fourth-order valence-corrected chi connectivity index (χ4v) is 0.402. The lowest BCUT2D eigenvalue weighted by molar-refractivity contribution is 0.635. The fraction of sp³-hybridized carbons (Fsp3) is 0.571. The number of rotatable bonds is 3. The highest BCUT2D eigenvalue weighted by Crippen LogP contribution is 2.04. The molecule has 41 valence electrons. The molecular formula is C7H13. The van der Waals surface area contributed by atoms with Gasteiger partial charge in [0.25, 0.3) is 0 Å². The van der Waals surface area contributed by atoms with E-state index < -0.39 is 0 Å². The van der Waals surface area contributed by atoms with Gasteiger partial charge in [0.2, 0.25) is 0 Å². The van der Waals surface area contributed by atoms with E-state index >= 15 is 0 Å². The van der Waals surface area contributed by atoms with Gasteiger partial charge in [0.05, 0.1) is 0 Å². The van der Waals surface area contributed by atoms with Crippen LogP contribution in [0.15, 0.2) is 12.7 Å². The summed E-state index contributed by atoms with van der Waals surface area (Å²) in [5.41, 5.74) is 0. The first-order valence-corrected chi connectivity index (χ1v) is 2.75. The van der Waals surface area contributed by atoms with Gasteiger partial charge in [0.15, 0.2) is 0 Å². The van der Waals surface area contributed by atoms with E-state index in [0.717, 1.165) is 12.8 Å². The summed E-state index contributed by atoms with van der Waals surface area (Å²) in [6, 6.07) is 0. The highest BCUT2D eigenvalue weighted by Gasteiger charge is 1.90. The molecule has 0 amide bonds. The Morgan fingerprint density at radius 3 is 2.43 bits per heavy atom. The van der Waals surface area contributed by atoms with Crippen molar-refractivity contribution in [1.29, 1.82) is 0 Å². The second-order valence-corrected chi connectivity index (χ2v) is 1.80. The summed E-state index contributed by atoms with van der Waals surface area (Å²) in [5.74, 6) is 0.581. The van der Waals surface area contributed by atoms with Gasteiger partial charge < -0.3 is 0 Å². The molecule has 1 atom stereocenters. The van der Waals surface area contributed by atoms with E-state index in [2.05, 4.69) is 20.4 Å². The molecule has 0 aromatic heterocycles.